The second-order valence-electron chi connectivity index (χ2n) is 4.64. The zero-order valence-electron chi connectivity index (χ0n) is 11.9. The highest BCUT2D eigenvalue weighted by Gasteiger charge is 2.06. The molecule has 1 aromatic carbocycles. The summed E-state index contributed by atoms with van der Waals surface area (Å²) in [6.07, 6.45) is 6.26. The number of aromatic nitrogens is 3. The molecule has 0 atom stereocenters. The molecule has 2 aromatic heterocycles. The molecule has 0 saturated carbocycles. The number of nitrogens with one attached hydrogen (secondary N) is 2. The SMILES string of the molecule is O=C(NN=Cc1cn[nH]c1-c1ccc(Cl)cc1)c1ccncc1. The van der Waals surface area contributed by atoms with Crippen molar-refractivity contribution in [3.63, 3.8) is 0 Å². The number of benzene rings is 1. The van der Waals surface area contributed by atoms with E-state index in [1.54, 1.807) is 42.9 Å². The zero-order valence-corrected chi connectivity index (χ0v) is 12.7. The van der Waals surface area contributed by atoms with E-state index in [1.165, 1.54) is 6.21 Å². The Bertz CT molecular complexity index is 827. The summed E-state index contributed by atoms with van der Waals surface area (Å²) in [4.78, 5) is 15.7. The summed E-state index contributed by atoms with van der Waals surface area (Å²) in [5.74, 6) is -0.305. The summed E-state index contributed by atoms with van der Waals surface area (Å²) < 4.78 is 0. The van der Waals surface area contributed by atoms with Crippen LogP contribution in [0.2, 0.25) is 5.02 Å². The first-order valence-electron chi connectivity index (χ1n) is 6.77. The first-order valence-corrected chi connectivity index (χ1v) is 7.14. The van der Waals surface area contributed by atoms with Crippen molar-refractivity contribution in [1.82, 2.24) is 20.6 Å². The Morgan fingerprint density at radius 2 is 1.91 bits per heavy atom. The number of aromatic amines is 1. The van der Waals surface area contributed by atoms with Crippen molar-refractivity contribution < 1.29 is 4.79 Å². The van der Waals surface area contributed by atoms with Crippen LogP contribution in [0.25, 0.3) is 11.3 Å². The fourth-order valence-electron chi connectivity index (χ4n) is 1.97. The predicted octanol–water partition coefficient (Wildman–Crippen LogP) is 2.89. The molecular weight excluding hydrogens is 314 g/mol. The first-order chi connectivity index (χ1) is 11.2. The van der Waals surface area contributed by atoms with E-state index in [9.17, 15) is 4.79 Å². The molecule has 0 saturated heterocycles. The lowest BCUT2D eigenvalue weighted by Crippen LogP contribution is -2.17. The van der Waals surface area contributed by atoms with Crippen LogP contribution in [0.4, 0.5) is 0 Å². The number of nitrogens with zero attached hydrogens (tertiary/aromatic N) is 3. The number of amides is 1. The largest absolute Gasteiger partial charge is 0.277 e. The Morgan fingerprint density at radius 1 is 1.17 bits per heavy atom. The Hall–Kier alpha value is -2.99. The highest BCUT2D eigenvalue weighted by atomic mass is 35.5. The fraction of sp³-hybridized carbons (Fsp3) is 0. The van der Waals surface area contributed by atoms with Crippen molar-refractivity contribution in [3.05, 3.63) is 71.1 Å². The lowest BCUT2D eigenvalue weighted by atomic mass is 10.1. The van der Waals surface area contributed by atoms with Crippen LogP contribution in [-0.2, 0) is 0 Å². The van der Waals surface area contributed by atoms with Gasteiger partial charge in [-0.1, -0.05) is 23.7 Å². The van der Waals surface area contributed by atoms with Crippen LogP contribution in [0.1, 0.15) is 15.9 Å². The molecule has 6 nitrogen and oxygen atoms in total. The third kappa shape index (κ3) is 3.61. The second kappa shape index (κ2) is 6.85. The van der Waals surface area contributed by atoms with Gasteiger partial charge in [0.15, 0.2) is 0 Å². The second-order valence-corrected chi connectivity index (χ2v) is 5.08. The van der Waals surface area contributed by atoms with Crippen LogP contribution in [0.3, 0.4) is 0 Å². The molecule has 2 N–H and O–H groups in total. The van der Waals surface area contributed by atoms with E-state index in [-0.39, 0.29) is 5.91 Å². The molecule has 0 bridgehead atoms. The monoisotopic (exact) mass is 325 g/mol. The number of carbonyl (C=O) groups excluding carboxylic acids is 1. The van der Waals surface area contributed by atoms with Crippen molar-refractivity contribution in [2.45, 2.75) is 0 Å². The molecule has 0 aliphatic heterocycles. The molecule has 3 rings (SSSR count). The molecule has 1 amide bonds. The van der Waals surface area contributed by atoms with Crippen LogP contribution >= 0.6 is 11.6 Å². The van der Waals surface area contributed by atoms with Gasteiger partial charge in [-0.05, 0) is 24.3 Å². The fourth-order valence-corrected chi connectivity index (χ4v) is 2.10. The molecule has 0 radical (unpaired) electrons. The predicted molar refractivity (Wildman–Crippen MR) is 88.3 cm³/mol. The van der Waals surface area contributed by atoms with Gasteiger partial charge in [-0.25, -0.2) is 5.43 Å². The molecule has 0 aliphatic rings. The highest BCUT2D eigenvalue weighted by Crippen LogP contribution is 2.21. The maximum Gasteiger partial charge on any atom is 0.271 e. The third-order valence-electron chi connectivity index (χ3n) is 3.11. The van der Waals surface area contributed by atoms with Gasteiger partial charge in [0.1, 0.15) is 0 Å². The number of pyridine rings is 1. The van der Waals surface area contributed by atoms with Crippen molar-refractivity contribution in [3.8, 4) is 11.3 Å². The summed E-state index contributed by atoms with van der Waals surface area (Å²) in [6, 6.07) is 10.6. The van der Waals surface area contributed by atoms with E-state index in [0.717, 1.165) is 16.8 Å². The van der Waals surface area contributed by atoms with E-state index in [1.807, 2.05) is 12.1 Å². The number of hydrazone groups is 1. The van der Waals surface area contributed by atoms with E-state index >= 15 is 0 Å². The van der Waals surface area contributed by atoms with Crippen molar-refractivity contribution in [2.24, 2.45) is 5.10 Å². The number of halogens is 1. The number of hydrogen-bond donors (Lipinski definition) is 2. The number of H-pyrrole nitrogens is 1. The van der Waals surface area contributed by atoms with Crippen LogP contribution in [0.5, 0.6) is 0 Å². The quantitative estimate of drug-likeness (QED) is 0.571. The lowest BCUT2D eigenvalue weighted by Gasteiger charge is -2.00. The van der Waals surface area contributed by atoms with Gasteiger partial charge in [-0.15, -0.1) is 0 Å². The van der Waals surface area contributed by atoms with Crippen molar-refractivity contribution >= 4 is 23.7 Å². The number of hydrogen-bond acceptors (Lipinski definition) is 4. The normalized spacial score (nSPS) is 10.8. The maximum atomic E-state index is 11.9. The Morgan fingerprint density at radius 3 is 2.65 bits per heavy atom. The zero-order chi connectivity index (χ0) is 16.1. The summed E-state index contributed by atoms with van der Waals surface area (Å²) in [5.41, 5.74) is 5.43. The molecule has 3 aromatic rings. The lowest BCUT2D eigenvalue weighted by molar-refractivity contribution is 0.0955. The smallest absolute Gasteiger partial charge is 0.271 e. The molecule has 2 heterocycles. The van der Waals surface area contributed by atoms with Gasteiger partial charge in [0.2, 0.25) is 0 Å². The Balaban J connectivity index is 1.73. The molecule has 114 valence electrons. The summed E-state index contributed by atoms with van der Waals surface area (Å²) in [5, 5.41) is 11.5. The van der Waals surface area contributed by atoms with Crippen LogP contribution in [0, 0.1) is 0 Å². The van der Waals surface area contributed by atoms with Crippen LogP contribution < -0.4 is 5.43 Å². The maximum absolute atomic E-state index is 11.9. The molecule has 0 unspecified atom stereocenters. The number of rotatable bonds is 4. The van der Waals surface area contributed by atoms with Gasteiger partial charge in [-0.3, -0.25) is 14.9 Å². The van der Waals surface area contributed by atoms with Gasteiger partial charge >= 0.3 is 0 Å². The van der Waals surface area contributed by atoms with Gasteiger partial charge in [-0.2, -0.15) is 10.2 Å². The molecule has 23 heavy (non-hydrogen) atoms. The minimum absolute atomic E-state index is 0.305. The summed E-state index contributed by atoms with van der Waals surface area (Å²) in [7, 11) is 0. The third-order valence-corrected chi connectivity index (χ3v) is 3.37. The van der Waals surface area contributed by atoms with E-state index < -0.39 is 0 Å². The average molecular weight is 326 g/mol. The summed E-state index contributed by atoms with van der Waals surface area (Å²) in [6.45, 7) is 0. The molecule has 0 spiro atoms. The Kier molecular flexibility index (Phi) is 4.44. The minimum atomic E-state index is -0.305. The van der Waals surface area contributed by atoms with Gasteiger partial charge in [0, 0.05) is 34.1 Å². The Labute approximate surface area is 137 Å². The van der Waals surface area contributed by atoms with E-state index in [2.05, 4.69) is 25.7 Å². The standard InChI is InChI=1S/C16H12ClN5O/c17-14-3-1-11(2-4-14)15-13(9-19-21-15)10-20-22-16(23)12-5-7-18-8-6-12/h1-10H,(H,19,21)(H,22,23). The molecular formula is C16H12ClN5O. The van der Waals surface area contributed by atoms with E-state index in [0.29, 0.717) is 10.6 Å². The van der Waals surface area contributed by atoms with Gasteiger partial charge in [0.05, 0.1) is 18.1 Å². The summed E-state index contributed by atoms with van der Waals surface area (Å²) >= 11 is 5.89. The van der Waals surface area contributed by atoms with Crippen molar-refractivity contribution in [1.29, 1.82) is 0 Å². The molecule has 7 heteroatoms. The minimum Gasteiger partial charge on any atom is -0.277 e. The highest BCUT2D eigenvalue weighted by molar-refractivity contribution is 6.30. The van der Waals surface area contributed by atoms with Gasteiger partial charge < -0.3 is 0 Å². The van der Waals surface area contributed by atoms with E-state index in [4.69, 9.17) is 11.6 Å². The molecule has 0 aliphatic carbocycles. The molecule has 0 fully saturated rings. The van der Waals surface area contributed by atoms with Crippen LogP contribution in [0.15, 0.2) is 60.1 Å². The topological polar surface area (TPSA) is 83.0 Å². The number of carbonyl (C=O) groups is 1. The van der Waals surface area contributed by atoms with Crippen molar-refractivity contribution in [2.75, 3.05) is 0 Å². The first kappa shape index (κ1) is 14.9. The average Bonchev–Trinajstić information content (AvgIpc) is 3.05. The van der Waals surface area contributed by atoms with Gasteiger partial charge in [0.25, 0.3) is 5.91 Å². The van der Waals surface area contributed by atoms with Crippen LogP contribution in [-0.4, -0.2) is 27.3 Å².